The second-order valence-corrected chi connectivity index (χ2v) is 6.33. The molecule has 2 aromatic rings. The Balaban J connectivity index is 0.000000952. The van der Waals surface area contributed by atoms with Crippen LogP contribution >= 0.6 is 35.0 Å². The molecule has 1 aromatic heterocycles. The van der Waals surface area contributed by atoms with Crippen LogP contribution in [0, 0.1) is 0 Å². The molecule has 6 heteroatoms. The number of fused-ring (bicyclic) bond motifs is 1. The van der Waals surface area contributed by atoms with Crippen LogP contribution in [0.2, 0.25) is 5.02 Å². The molecular weight excluding hydrogens is 363 g/mol. The smallest absolute Gasteiger partial charge is 0.224 e. The summed E-state index contributed by atoms with van der Waals surface area (Å²) in [7, 11) is 0. The molecule has 0 radical (unpaired) electrons. The van der Waals surface area contributed by atoms with Gasteiger partial charge in [-0.15, -0.1) is 11.6 Å². The third kappa shape index (κ3) is 8.41. The molecule has 136 valence electrons. The molecule has 0 aliphatic rings. The number of nitrogens with zero attached hydrogens (tertiary/aromatic N) is 2. The molecule has 0 atom stereocenters. The second-order valence-electron chi connectivity index (χ2n) is 4.64. The van der Waals surface area contributed by atoms with Gasteiger partial charge in [0.05, 0.1) is 23.4 Å². The first-order chi connectivity index (χ1) is 11.7. The van der Waals surface area contributed by atoms with Gasteiger partial charge in [-0.25, -0.2) is 4.98 Å². The summed E-state index contributed by atoms with van der Waals surface area (Å²) in [5, 5.41) is 1.50. The Labute approximate surface area is 160 Å². The van der Waals surface area contributed by atoms with Crippen LogP contribution in [0.15, 0.2) is 18.2 Å². The second kappa shape index (κ2) is 14.6. The zero-order valence-electron chi connectivity index (χ0n) is 15.2. The molecule has 0 amide bonds. The van der Waals surface area contributed by atoms with Gasteiger partial charge in [-0.3, -0.25) is 0 Å². The lowest BCUT2D eigenvalue weighted by molar-refractivity contribution is 0.309. The molecule has 3 nitrogen and oxygen atoms in total. The third-order valence-corrected chi connectivity index (χ3v) is 3.69. The fraction of sp³-hybridized carbons (Fsp3) is 0.556. The highest BCUT2D eigenvalue weighted by Gasteiger charge is 2.09. The van der Waals surface area contributed by atoms with Gasteiger partial charge in [0, 0.05) is 5.02 Å². The minimum absolute atomic E-state index is 0.254. The highest BCUT2D eigenvalue weighted by atomic mass is 35.5. The molecule has 2 rings (SSSR count). The van der Waals surface area contributed by atoms with Crippen LogP contribution in [-0.4, -0.2) is 28.6 Å². The number of hydrogen-bond acceptors (Lipinski definition) is 4. The Hall–Kier alpha value is -0.710. The van der Waals surface area contributed by atoms with Gasteiger partial charge in [0.15, 0.2) is 0 Å². The topological polar surface area (TPSA) is 35.0 Å². The van der Waals surface area contributed by atoms with Gasteiger partial charge >= 0.3 is 0 Å². The molecule has 0 saturated carbocycles. The molecule has 1 aromatic carbocycles. The molecule has 0 bridgehead atoms. The number of benzene rings is 1. The normalized spacial score (nSPS) is 9.62. The molecule has 0 aliphatic heterocycles. The van der Waals surface area contributed by atoms with Gasteiger partial charge in [-0.05, 0) is 36.6 Å². The van der Waals surface area contributed by atoms with Crippen molar-refractivity contribution in [3.63, 3.8) is 0 Å². The first-order valence-electron chi connectivity index (χ1n) is 8.30. The molecule has 0 N–H and O–H groups in total. The molecular formula is C18H28Cl2N2OS. The van der Waals surface area contributed by atoms with Crippen LogP contribution < -0.4 is 4.74 Å². The summed E-state index contributed by atoms with van der Waals surface area (Å²) in [4.78, 5) is 8.68. The Morgan fingerprint density at radius 3 is 2.42 bits per heavy atom. The predicted molar refractivity (Wildman–Crippen MR) is 110 cm³/mol. The van der Waals surface area contributed by atoms with Gasteiger partial charge in [0.25, 0.3) is 0 Å². The van der Waals surface area contributed by atoms with Crippen LogP contribution in [-0.2, 0) is 5.88 Å². The van der Waals surface area contributed by atoms with E-state index in [1.807, 2.05) is 26.0 Å². The lowest BCUT2D eigenvalue weighted by Crippen LogP contribution is -2.03. The van der Waals surface area contributed by atoms with Crippen molar-refractivity contribution in [1.29, 1.82) is 0 Å². The number of hydrogen-bond donors (Lipinski definition) is 0. The van der Waals surface area contributed by atoms with Crippen molar-refractivity contribution in [3.8, 4) is 5.88 Å². The van der Waals surface area contributed by atoms with Crippen molar-refractivity contribution in [2.45, 2.75) is 46.4 Å². The van der Waals surface area contributed by atoms with E-state index in [1.165, 1.54) is 6.42 Å². The maximum absolute atomic E-state index is 5.98. The van der Waals surface area contributed by atoms with Crippen molar-refractivity contribution in [1.82, 2.24) is 9.97 Å². The molecule has 0 spiro atoms. The van der Waals surface area contributed by atoms with Gasteiger partial charge in [0.1, 0.15) is 5.82 Å². The molecule has 0 fully saturated rings. The van der Waals surface area contributed by atoms with Crippen molar-refractivity contribution in [3.05, 3.63) is 29.0 Å². The average Bonchev–Trinajstić information content (AvgIpc) is 2.60. The predicted octanol–water partition coefficient (Wildman–Crippen LogP) is 6.60. The van der Waals surface area contributed by atoms with Crippen LogP contribution in [0.3, 0.4) is 0 Å². The Bertz CT molecular complexity index is 582. The van der Waals surface area contributed by atoms with Gasteiger partial charge < -0.3 is 4.74 Å². The van der Waals surface area contributed by atoms with Crippen molar-refractivity contribution < 1.29 is 4.74 Å². The number of alkyl halides is 1. The molecule has 0 saturated heterocycles. The van der Waals surface area contributed by atoms with E-state index in [9.17, 15) is 0 Å². The Morgan fingerprint density at radius 1 is 1.17 bits per heavy atom. The first-order valence-corrected chi connectivity index (χ1v) is 10.6. The maximum atomic E-state index is 5.98. The van der Waals surface area contributed by atoms with Crippen LogP contribution in [0.25, 0.3) is 10.9 Å². The van der Waals surface area contributed by atoms with E-state index in [2.05, 4.69) is 30.1 Å². The fourth-order valence-electron chi connectivity index (χ4n) is 1.66. The zero-order valence-corrected chi connectivity index (χ0v) is 17.6. The van der Waals surface area contributed by atoms with E-state index < -0.39 is 0 Å². The lowest BCUT2D eigenvalue weighted by atomic mass is 10.2. The summed E-state index contributed by atoms with van der Waals surface area (Å²) < 4.78 is 5.74. The minimum atomic E-state index is 0.254. The van der Waals surface area contributed by atoms with E-state index in [-0.39, 0.29) is 5.88 Å². The van der Waals surface area contributed by atoms with Crippen molar-refractivity contribution >= 4 is 45.9 Å². The van der Waals surface area contributed by atoms with Crippen LogP contribution in [0.5, 0.6) is 5.88 Å². The average molecular weight is 391 g/mol. The van der Waals surface area contributed by atoms with E-state index in [0.717, 1.165) is 23.1 Å². The van der Waals surface area contributed by atoms with E-state index >= 15 is 0 Å². The summed E-state index contributed by atoms with van der Waals surface area (Å²) in [6.45, 7) is 8.89. The fourth-order valence-corrected chi connectivity index (χ4v) is 2.35. The molecule has 24 heavy (non-hydrogen) atoms. The summed E-state index contributed by atoms with van der Waals surface area (Å²) in [6, 6.07) is 5.48. The number of thioether (sulfide) groups is 1. The molecule has 0 unspecified atom stereocenters. The Kier molecular flexibility index (Phi) is 14.2. The quantitative estimate of drug-likeness (QED) is 0.411. The standard InChI is InChI=1S/C13H14Cl2N2OS.C3H8.C2H6/c1-19-6-2-5-18-13-10-4-3-9(15)7-11(10)16-12(8-14)17-13;1-3-2;1-2/h3-4,7H,2,5-6,8H2,1H3;3H2,1-2H3;1-2H3. The third-order valence-electron chi connectivity index (χ3n) is 2.52. The van der Waals surface area contributed by atoms with Crippen LogP contribution in [0.4, 0.5) is 0 Å². The van der Waals surface area contributed by atoms with Gasteiger partial charge in [-0.1, -0.05) is 45.7 Å². The van der Waals surface area contributed by atoms with E-state index in [0.29, 0.717) is 23.3 Å². The van der Waals surface area contributed by atoms with E-state index in [4.69, 9.17) is 27.9 Å². The SMILES string of the molecule is CC.CCC.CSCCCOc1nc(CCl)nc2cc(Cl)ccc12. The van der Waals surface area contributed by atoms with Crippen molar-refractivity contribution in [2.24, 2.45) is 0 Å². The number of rotatable bonds is 6. The Morgan fingerprint density at radius 2 is 1.83 bits per heavy atom. The zero-order chi connectivity index (χ0) is 18.4. The lowest BCUT2D eigenvalue weighted by Gasteiger charge is -2.09. The largest absolute Gasteiger partial charge is 0.477 e. The number of aromatic nitrogens is 2. The molecule has 1 heterocycles. The first kappa shape index (κ1) is 23.3. The van der Waals surface area contributed by atoms with E-state index in [1.54, 1.807) is 17.8 Å². The summed E-state index contributed by atoms with van der Waals surface area (Å²) >= 11 is 13.6. The minimum Gasteiger partial charge on any atom is -0.477 e. The monoisotopic (exact) mass is 390 g/mol. The van der Waals surface area contributed by atoms with Crippen LogP contribution in [0.1, 0.15) is 46.4 Å². The summed E-state index contributed by atoms with van der Waals surface area (Å²) in [6.07, 6.45) is 4.31. The molecule has 0 aliphatic carbocycles. The maximum Gasteiger partial charge on any atom is 0.224 e. The highest BCUT2D eigenvalue weighted by Crippen LogP contribution is 2.25. The van der Waals surface area contributed by atoms with Gasteiger partial charge in [0.2, 0.25) is 5.88 Å². The highest BCUT2D eigenvalue weighted by molar-refractivity contribution is 7.98. The van der Waals surface area contributed by atoms with Gasteiger partial charge in [-0.2, -0.15) is 16.7 Å². The summed E-state index contributed by atoms with van der Waals surface area (Å²) in [5.41, 5.74) is 0.762. The number of ether oxygens (including phenoxy) is 1. The number of halogens is 2. The van der Waals surface area contributed by atoms with Crippen molar-refractivity contribution in [2.75, 3.05) is 18.6 Å². The summed E-state index contributed by atoms with van der Waals surface area (Å²) in [5.74, 6) is 2.45.